The first-order valence-corrected chi connectivity index (χ1v) is 8.19. The third-order valence-electron chi connectivity index (χ3n) is 4.40. The molecule has 1 aliphatic rings. The van der Waals surface area contributed by atoms with Crippen molar-refractivity contribution in [1.82, 2.24) is 14.9 Å². The van der Waals surface area contributed by atoms with Gasteiger partial charge in [0.25, 0.3) is 0 Å². The molecule has 1 aliphatic heterocycles. The maximum atomic E-state index is 13.9. The molecule has 0 saturated carbocycles. The minimum atomic E-state index is -0.817. The third kappa shape index (κ3) is 4.07. The number of hydrogen-bond donors (Lipinski definition) is 1. The van der Waals surface area contributed by atoms with E-state index in [4.69, 9.17) is 5.11 Å². The van der Waals surface area contributed by atoms with Gasteiger partial charge in [-0.05, 0) is 24.2 Å². The van der Waals surface area contributed by atoms with E-state index in [1.807, 2.05) is 42.3 Å². The summed E-state index contributed by atoms with van der Waals surface area (Å²) in [7, 11) is 2.05. The highest BCUT2D eigenvalue weighted by molar-refractivity contribution is 5.40. The van der Waals surface area contributed by atoms with Gasteiger partial charge in [0.2, 0.25) is 0 Å². The van der Waals surface area contributed by atoms with Gasteiger partial charge in [-0.1, -0.05) is 24.3 Å². The van der Waals surface area contributed by atoms with Gasteiger partial charge in [-0.3, -0.25) is 0 Å². The van der Waals surface area contributed by atoms with Gasteiger partial charge >= 0.3 is 0 Å². The van der Waals surface area contributed by atoms with E-state index < -0.39 is 6.17 Å². The number of alkyl halides is 1. The van der Waals surface area contributed by atoms with E-state index in [1.165, 1.54) is 11.9 Å². The summed E-state index contributed by atoms with van der Waals surface area (Å²) in [6, 6.07) is 9.86. The summed E-state index contributed by atoms with van der Waals surface area (Å²) >= 11 is 0. The molecule has 24 heavy (non-hydrogen) atoms. The molecule has 2 atom stereocenters. The SMILES string of the molecule is CN(Cc1ccc(CO)cc1)C[C@@H]1C[C@H](F)CN1c1ccncn1. The highest BCUT2D eigenvalue weighted by atomic mass is 19.1. The van der Waals surface area contributed by atoms with E-state index in [2.05, 4.69) is 14.9 Å². The Balaban J connectivity index is 1.62. The Labute approximate surface area is 141 Å². The molecule has 0 radical (unpaired) electrons. The van der Waals surface area contributed by atoms with Crippen LogP contribution in [0.25, 0.3) is 0 Å². The number of hydrogen-bond acceptors (Lipinski definition) is 5. The van der Waals surface area contributed by atoms with Gasteiger partial charge in [-0.2, -0.15) is 0 Å². The Morgan fingerprint density at radius 1 is 1.25 bits per heavy atom. The molecule has 0 bridgehead atoms. The van der Waals surface area contributed by atoms with E-state index in [1.54, 1.807) is 6.20 Å². The lowest BCUT2D eigenvalue weighted by Crippen LogP contribution is -2.39. The van der Waals surface area contributed by atoms with Crippen LogP contribution in [0.3, 0.4) is 0 Å². The average Bonchev–Trinajstić information content (AvgIpc) is 2.96. The Morgan fingerprint density at radius 2 is 2.00 bits per heavy atom. The zero-order valence-corrected chi connectivity index (χ0v) is 13.8. The largest absolute Gasteiger partial charge is 0.392 e. The van der Waals surface area contributed by atoms with Gasteiger partial charge in [0, 0.05) is 31.7 Å². The Hall–Kier alpha value is -2.05. The molecule has 5 nitrogen and oxygen atoms in total. The molecule has 1 aromatic carbocycles. The van der Waals surface area contributed by atoms with E-state index >= 15 is 0 Å². The fourth-order valence-electron chi connectivity index (χ4n) is 3.25. The van der Waals surface area contributed by atoms with Crippen LogP contribution in [0, 0.1) is 0 Å². The normalized spacial score (nSPS) is 20.8. The van der Waals surface area contributed by atoms with Gasteiger partial charge in [-0.25, -0.2) is 14.4 Å². The van der Waals surface area contributed by atoms with Gasteiger partial charge in [0.05, 0.1) is 13.2 Å². The number of nitrogens with zero attached hydrogens (tertiary/aromatic N) is 4. The topological polar surface area (TPSA) is 52.5 Å². The van der Waals surface area contributed by atoms with Gasteiger partial charge in [0.15, 0.2) is 0 Å². The van der Waals surface area contributed by atoms with Crippen molar-refractivity contribution in [2.24, 2.45) is 0 Å². The molecule has 1 saturated heterocycles. The number of likely N-dealkylation sites (N-methyl/N-ethyl adjacent to an activating group) is 1. The summed E-state index contributed by atoms with van der Waals surface area (Å²) in [6.45, 7) is 2.01. The molecule has 0 unspecified atom stereocenters. The molecular weight excluding hydrogens is 307 g/mol. The molecule has 0 spiro atoms. The highest BCUT2D eigenvalue weighted by Gasteiger charge is 2.33. The lowest BCUT2D eigenvalue weighted by atomic mass is 10.1. The summed E-state index contributed by atoms with van der Waals surface area (Å²) in [6.07, 6.45) is 2.90. The molecule has 3 rings (SSSR count). The van der Waals surface area contributed by atoms with E-state index in [0.29, 0.717) is 13.0 Å². The van der Waals surface area contributed by atoms with Crippen molar-refractivity contribution < 1.29 is 9.50 Å². The summed E-state index contributed by atoms with van der Waals surface area (Å²) in [5.41, 5.74) is 2.09. The summed E-state index contributed by atoms with van der Waals surface area (Å²) in [5, 5.41) is 9.10. The van der Waals surface area contributed by atoms with Crippen LogP contribution in [0.2, 0.25) is 0 Å². The van der Waals surface area contributed by atoms with Crippen molar-refractivity contribution in [3.05, 3.63) is 54.0 Å². The number of rotatable bonds is 6. The fourth-order valence-corrected chi connectivity index (χ4v) is 3.25. The molecule has 0 amide bonds. The summed E-state index contributed by atoms with van der Waals surface area (Å²) < 4.78 is 13.9. The number of aliphatic hydroxyl groups is 1. The van der Waals surface area contributed by atoms with Crippen molar-refractivity contribution in [3.63, 3.8) is 0 Å². The van der Waals surface area contributed by atoms with Crippen LogP contribution < -0.4 is 4.90 Å². The third-order valence-corrected chi connectivity index (χ3v) is 4.40. The number of anilines is 1. The number of halogens is 1. The zero-order chi connectivity index (χ0) is 16.9. The molecule has 1 fully saturated rings. The van der Waals surface area contributed by atoms with Crippen LogP contribution in [0.4, 0.5) is 10.2 Å². The molecule has 1 aromatic heterocycles. The quantitative estimate of drug-likeness (QED) is 0.878. The molecule has 6 heteroatoms. The average molecular weight is 330 g/mol. The smallest absolute Gasteiger partial charge is 0.132 e. The number of benzene rings is 1. The van der Waals surface area contributed by atoms with Gasteiger partial charge in [-0.15, -0.1) is 0 Å². The molecule has 0 aliphatic carbocycles. The second-order valence-corrected chi connectivity index (χ2v) is 6.38. The van der Waals surface area contributed by atoms with Crippen LogP contribution in [-0.2, 0) is 13.2 Å². The van der Waals surface area contributed by atoms with Crippen LogP contribution in [-0.4, -0.2) is 52.3 Å². The molecule has 1 N–H and O–H groups in total. The fraction of sp³-hybridized carbons (Fsp3) is 0.444. The predicted octanol–water partition coefficient (Wildman–Crippen LogP) is 2.02. The first-order valence-electron chi connectivity index (χ1n) is 8.19. The maximum absolute atomic E-state index is 13.9. The van der Waals surface area contributed by atoms with E-state index in [0.717, 1.165) is 24.5 Å². The lowest BCUT2D eigenvalue weighted by molar-refractivity contribution is 0.281. The first-order chi connectivity index (χ1) is 11.7. The molecule has 2 aromatic rings. The Bertz CT molecular complexity index is 637. The lowest BCUT2D eigenvalue weighted by Gasteiger charge is -2.29. The van der Waals surface area contributed by atoms with Crippen LogP contribution in [0.5, 0.6) is 0 Å². The minimum absolute atomic E-state index is 0.0595. The summed E-state index contributed by atoms with van der Waals surface area (Å²) in [4.78, 5) is 12.4. The van der Waals surface area contributed by atoms with Crippen molar-refractivity contribution in [2.45, 2.75) is 31.8 Å². The van der Waals surface area contributed by atoms with Crippen molar-refractivity contribution in [3.8, 4) is 0 Å². The van der Waals surface area contributed by atoms with Crippen LogP contribution in [0.15, 0.2) is 42.9 Å². The molecule has 128 valence electrons. The van der Waals surface area contributed by atoms with Gasteiger partial charge < -0.3 is 14.9 Å². The molecular formula is C18H23FN4O. The number of aliphatic hydroxyl groups excluding tert-OH is 1. The first kappa shape index (κ1) is 16.8. The van der Waals surface area contributed by atoms with Crippen LogP contribution in [0.1, 0.15) is 17.5 Å². The summed E-state index contributed by atoms with van der Waals surface area (Å²) in [5.74, 6) is 0.788. The highest BCUT2D eigenvalue weighted by Crippen LogP contribution is 2.26. The Kier molecular flexibility index (Phi) is 5.37. The van der Waals surface area contributed by atoms with Crippen molar-refractivity contribution in [1.29, 1.82) is 0 Å². The predicted molar refractivity (Wildman–Crippen MR) is 91.4 cm³/mol. The monoisotopic (exact) mass is 330 g/mol. The van der Waals surface area contributed by atoms with E-state index in [-0.39, 0.29) is 12.6 Å². The Morgan fingerprint density at radius 3 is 2.67 bits per heavy atom. The minimum Gasteiger partial charge on any atom is -0.392 e. The van der Waals surface area contributed by atoms with Gasteiger partial charge in [0.1, 0.15) is 18.3 Å². The standard InChI is InChI=1S/C18H23FN4O/c1-22(9-14-2-4-15(12-24)5-3-14)11-17-8-16(19)10-23(17)18-6-7-20-13-21-18/h2-7,13,16-17,24H,8-12H2,1H3/t16-,17-/m0/s1. The number of aromatic nitrogens is 2. The second-order valence-electron chi connectivity index (χ2n) is 6.38. The second kappa shape index (κ2) is 7.68. The maximum Gasteiger partial charge on any atom is 0.132 e. The van der Waals surface area contributed by atoms with Crippen molar-refractivity contribution >= 4 is 5.82 Å². The van der Waals surface area contributed by atoms with Crippen molar-refractivity contribution in [2.75, 3.05) is 25.0 Å². The zero-order valence-electron chi connectivity index (χ0n) is 13.8. The molecule has 2 heterocycles. The van der Waals surface area contributed by atoms with E-state index in [9.17, 15) is 4.39 Å². The van der Waals surface area contributed by atoms with Crippen LogP contribution >= 0.6 is 0 Å².